The maximum Gasteiger partial charge on any atom is 0.194 e. The van der Waals surface area contributed by atoms with Gasteiger partial charge in [-0.3, -0.25) is 4.79 Å². The van der Waals surface area contributed by atoms with E-state index in [0.717, 1.165) is 20.4 Å². The van der Waals surface area contributed by atoms with E-state index in [9.17, 15) is 4.79 Å². The molecule has 0 aliphatic heterocycles. The SMILES string of the molecule is CCOc1ccc(C(=O)c2cccc(C)c2I)cc1. The van der Waals surface area contributed by atoms with Crippen molar-refractivity contribution >= 4 is 28.4 Å². The van der Waals surface area contributed by atoms with Gasteiger partial charge in [-0.15, -0.1) is 0 Å². The van der Waals surface area contributed by atoms with Gasteiger partial charge in [0.15, 0.2) is 5.78 Å². The van der Waals surface area contributed by atoms with E-state index in [-0.39, 0.29) is 5.78 Å². The van der Waals surface area contributed by atoms with Crippen LogP contribution in [0.3, 0.4) is 0 Å². The topological polar surface area (TPSA) is 26.3 Å². The molecular formula is C16H15IO2. The molecule has 0 fully saturated rings. The summed E-state index contributed by atoms with van der Waals surface area (Å²) in [7, 11) is 0. The molecule has 0 saturated carbocycles. The van der Waals surface area contributed by atoms with Crippen LogP contribution in [0.4, 0.5) is 0 Å². The van der Waals surface area contributed by atoms with Gasteiger partial charge in [-0.25, -0.2) is 0 Å². The highest BCUT2D eigenvalue weighted by atomic mass is 127. The Hall–Kier alpha value is -1.36. The zero-order valence-corrected chi connectivity index (χ0v) is 13.1. The van der Waals surface area contributed by atoms with Crippen molar-refractivity contribution in [2.45, 2.75) is 13.8 Å². The molecule has 0 amide bonds. The van der Waals surface area contributed by atoms with Gasteiger partial charge in [0.1, 0.15) is 5.75 Å². The third kappa shape index (κ3) is 3.15. The molecule has 2 aromatic rings. The van der Waals surface area contributed by atoms with Crippen LogP contribution in [0.5, 0.6) is 5.75 Å². The monoisotopic (exact) mass is 366 g/mol. The second kappa shape index (κ2) is 6.19. The maximum absolute atomic E-state index is 12.4. The summed E-state index contributed by atoms with van der Waals surface area (Å²) in [4.78, 5) is 12.4. The van der Waals surface area contributed by atoms with E-state index in [4.69, 9.17) is 4.74 Å². The Morgan fingerprint density at radius 3 is 2.47 bits per heavy atom. The van der Waals surface area contributed by atoms with Gasteiger partial charge < -0.3 is 4.74 Å². The first-order valence-electron chi connectivity index (χ1n) is 6.16. The molecule has 0 aromatic heterocycles. The van der Waals surface area contributed by atoms with Crippen LogP contribution in [-0.4, -0.2) is 12.4 Å². The number of ketones is 1. The van der Waals surface area contributed by atoms with Crippen LogP contribution in [0.25, 0.3) is 0 Å². The van der Waals surface area contributed by atoms with Gasteiger partial charge in [0.05, 0.1) is 6.61 Å². The molecule has 2 rings (SSSR count). The number of aryl methyl sites for hydroxylation is 1. The van der Waals surface area contributed by atoms with Crippen LogP contribution in [0, 0.1) is 10.5 Å². The van der Waals surface area contributed by atoms with Crippen molar-refractivity contribution in [2.75, 3.05) is 6.61 Å². The molecule has 0 unspecified atom stereocenters. The fraction of sp³-hybridized carbons (Fsp3) is 0.188. The molecule has 0 radical (unpaired) electrons. The largest absolute Gasteiger partial charge is 0.494 e. The van der Waals surface area contributed by atoms with Crippen molar-refractivity contribution < 1.29 is 9.53 Å². The van der Waals surface area contributed by atoms with Crippen LogP contribution in [0.1, 0.15) is 28.4 Å². The summed E-state index contributed by atoms with van der Waals surface area (Å²) in [5.41, 5.74) is 2.56. The van der Waals surface area contributed by atoms with Gasteiger partial charge in [0.2, 0.25) is 0 Å². The first-order chi connectivity index (χ1) is 9.13. The van der Waals surface area contributed by atoms with Gasteiger partial charge in [-0.1, -0.05) is 12.1 Å². The van der Waals surface area contributed by atoms with Crippen LogP contribution in [0.2, 0.25) is 0 Å². The third-order valence-corrected chi connectivity index (χ3v) is 4.30. The average Bonchev–Trinajstić information content (AvgIpc) is 2.42. The van der Waals surface area contributed by atoms with E-state index in [1.807, 2.05) is 56.3 Å². The molecule has 0 aliphatic carbocycles. The molecule has 0 saturated heterocycles. The first-order valence-corrected chi connectivity index (χ1v) is 7.24. The van der Waals surface area contributed by atoms with Gasteiger partial charge >= 0.3 is 0 Å². The van der Waals surface area contributed by atoms with Gasteiger partial charge in [0, 0.05) is 14.7 Å². The van der Waals surface area contributed by atoms with Crippen molar-refractivity contribution in [3.05, 3.63) is 62.7 Å². The Labute approximate surface area is 126 Å². The Balaban J connectivity index is 2.31. The summed E-state index contributed by atoms with van der Waals surface area (Å²) >= 11 is 2.22. The first kappa shape index (κ1) is 14.1. The van der Waals surface area contributed by atoms with E-state index in [1.165, 1.54) is 0 Å². The summed E-state index contributed by atoms with van der Waals surface area (Å²) in [5, 5.41) is 0. The number of hydrogen-bond acceptors (Lipinski definition) is 2. The molecule has 0 atom stereocenters. The van der Waals surface area contributed by atoms with Crippen LogP contribution >= 0.6 is 22.6 Å². The maximum atomic E-state index is 12.4. The minimum atomic E-state index is 0.0520. The van der Waals surface area contributed by atoms with E-state index in [2.05, 4.69) is 22.6 Å². The highest BCUT2D eigenvalue weighted by molar-refractivity contribution is 14.1. The molecule has 0 aliphatic rings. The van der Waals surface area contributed by atoms with E-state index in [1.54, 1.807) is 0 Å². The van der Waals surface area contributed by atoms with Crippen molar-refractivity contribution in [3.8, 4) is 5.75 Å². The molecular weight excluding hydrogens is 351 g/mol. The molecule has 98 valence electrons. The lowest BCUT2D eigenvalue weighted by Gasteiger charge is -2.07. The fourth-order valence-electron chi connectivity index (χ4n) is 1.85. The van der Waals surface area contributed by atoms with Crippen molar-refractivity contribution in [2.24, 2.45) is 0 Å². The van der Waals surface area contributed by atoms with E-state index in [0.29, 0.717) is 12.2 Å². The van der Waals surface area contributed by atoms with Crippen LogP contribution < -0.4 is 4.74 Å². The lowest BCUT2D eigenvalue weighted by molar-refractivity contribution is 0.103. The van der Waals surface area contributed by atoms with Crippen LogP contribution in [-0.2, 0) is 0 Å². The van der Waals surface area contributed by atoms with Gasteiger partial charge in [-0.2, -0.15) is 0 Å². The van der Waals surface area contributed by atoms with Crippen molar-refractivity contribution in [3.63, 3.8) is 0 Å². The zero-order valence-electron chi connectivity index (χ0n) is 10.9. The predicted molar refractivity (Wildman–Crippen MR) is 84.9 cm³/mol. The molecule has 0 spiro atoms. The molecule has 2 nitrogen and oxygen atoms in total. The molecule has 0 bridgehead atoms. The zero-order chi connectivity index (χ0) is 13.8. The van der Waals surface area contributed by atoms with Crippen molar-refractivity contribution in [1.29, 1.82) is 0 Å². The smallest absolute Gasteiger partial charge is 0.194 e. The predicted octanol–water partition coefficient (Wildman–Crippen LogP) is 4.23. The molecule has 19 heavy (non-hydrogen) atoms. The van der Waals surface area contributed by atoms with Gasteiger partial charge in [-0.05, 0) is 72.3 Å². The number of ether oxygens (including phenoxy) is 1. The molecule has 0 N–H and O–H groups in total. The summed E-state index contributed by atoms with van der Waals surface area (Å²) in [6.45, 7) is 4.58. The molecule has 3 heteroatoms. The summed E-state index contributed by atoms with van der Waals surface area (Å²) in [6, 6.07) is 13.1. The third-order valence-electron chi connectivity index (χ3n) is 2.86. The number of rotatable bonds is 4. The lowest BCUT2D eigenvalue weighted by Crippen LogP contribution is -2.04. The lowest BCUT2D eigenvalue weighted by atomic mass is 10.0. The van der Waals surface area contributed by atoms with Crippen molar-refractivity contribution in [1.82, 2.24) is 0 Å². The number of carbonyl (C=O) groups is 1. The summed E-state index contributed by atoms with van der Waals surface area (Å²) in [6.07, 6.45) is 0. The van der Waals surface area contributed by atoms with E-state index >= 15 is 0 Å². The second-order valence-electron chi connectivity index (χ2n) is 4.22. The average molecular weight is 366 g/mol. The summed E-state index contributed by atoms with van der Waals surface area (Å²) < 4.78 is 6.39. The quantitative estimate of drug-likeness (QED) is 0.598. The van der Waals surface area contributed by atoms with E-state index < -0.39 is 0 Å². The Kier molecular flexibility index (Phi) is 4.58. The normalized spacial score (nSPS) is 10.3. The summed E-state index contributed by atoms with van der Waals surface area (Å²) in [5.74, 6) is 0.842. The molecule has 0 heterocycles. The van der Waals surface area contributed by atoms with Crippen LogP contribution in [0.15, 0.2) is 42.5 Å². The minimum Gasteiger partial charge on any atom is -0.494 e. The number of halogens is 1. The Morgan fingerprint density at radius 2 is 1.84 bits per heavy atom. The highest BCUT2D eigenvalue weighted by Crippen LogP contribution is 2.21. The fourth-order valence-corrected chi connectivity index (χ4v) is 2.45. The Bertz CT molecular complexity index is 588. The number of carbonyl (C=O) groups excluding carboxylic acids is 1. The number of hydrogen-bond donors (Lipinski definition) is 0. The Morgan fingerprint density at radius 1 is 1.16 bits per heavy atom. The number of benzene rings is 2. The standard InChI is InChI=1S/C16H15IO2/c1-3-19-13-9-7-12(8-10-13)16(18)14-6-4-5-11(2)15(14)17/h4-10H,3H2,1-2H3. The van der Waals surface area contributed by atoms with Gasteiger partial charge in [0.25, 0.3) is 0 Å². The highest BCUT2D eigenvalue weighted by Gasteiger charge is 2.13. The molecule has 2 aromatic carbocycles. The minimum absolute atomic E-state index is 0.0520. The second-order valence-corrected chi connectivity index (χ2v) is 5.30.